The minimum atomic E-state index is -1.40. The van der Waals surface area contributed by atoms with Gasteiger partial charge in [0, 0.05) is 12.0 Å². The molecule has 0 saturated heterocycles. The highest BCUT2D eigenvalue weighted by Gasteiger charge is 2.33. The van der Waals surface area contributed by atoms with E-state index in [9.17, 15) is 24.3 Å². The first-order valence-electron chi connectivity index (χ1n) is 14.6. The van der Waals surface area contributed by atoms with Crippen molar-refractivity contribution in [2.75, 3.05) is 6.61 Å². The fourth-order valence-electron chi connectivity index (χ4n) is 4.70. The van der Waals surface area contributed by atoms with Gasteiger partial charge in [0.05, 0.1) is 25.4 Å². The molecule has 0 saturated carbocycles. The fourth-order valence-corrected chi connectivity index (χ4v) is 4.70. The number of ether oxygens (including phenoxy) is 1. The van der Waals surface area contributed by atoms with Crippen LogP contribution in [-0.2, 0) is 33.9 Å². The van der Waals surface area contributed by atoms with E-state index in [2.05, 4.69) is 31.6 Å². The number of fused-ring (bicyclic) bond motifs is 4. The third-order valence-electron chi connectivity index (χ3n) is 7.27. The van der Waals surface area contributed by atoms with Gasteiger partial charge in [0.25, 0.3) is 5.91 Å². The summed E-state index contributed by atoms with van der Waals surface area (Å²) in [5, 5.41) is 29.5. The predicted octanol–water partition coefficient (Wildman–Crippen LogP) is 0.643. The minimum absolute atomic E-state index is 0.0580. The number of nitrogens with zero attached hydrogens (tertiary/aromatic N) is 3. The molecular formula is C31H39N7O6. The third kappa shape index (κ3) is 8.40. The quantitative estimate of drug-likeness (QED) is 0.288. The van der Waals surface area contributed by atoms with Crippen molar-refractivity contribution in [1.82, 2.24) is 36.3 Å². The lowest BCUT2D eigenvalue weighted by Gasteiger charge is -2.28. The molecule has 1 aliphatic rings. The highest BCUT2D eigenvalue weighted by molar-refractivity contribution is 5.99. The van der Waals surface area contributed by atoms with Gasteiger partial charge in [-0.2, -0.15) is 0 Å². The summed E-state index contributed by atoms with van der Waals surface area (Å²) in [7, 11) is 0. The Kier molecular flexibility index (Phi) is 10.7. The number of carbonyl (C=O) groups excluding carboxylic acids is 4. The minimum Gasteiger partial charge on any atom is -0.491 e. The monoisotopic (exact) mass is 605 g/mol. The van der Waals surface area contributed by atoms with E-state index < -0.39 is 47.9 Å². The zero-order valence-electron chi connectivity index (χ0n) is 25.2. The Hall–Kier alpha value is -4.78. The topological polar surface area (TPSA) is 177 Å². The van der Waals surface area contributed by atoms with Crippen molar-refractivity contribution in [2.24, 2.45) is 5.92 Å². The van der Waals surface area contributed by atoms with Crippen LogP contribution in [0.3, 0.4) is 0 Å². The van der Waals surface area contributed by atoms with Crippen LogP contribution in [0.25, 0.3) is 0 Å². The molecule has 5 N–H and O–H groups in total. The van der Waals surface area contributed by atoms with E-state index in [1.165, 1.54) is 6.92 Å². The van der Waals surface area contributed by atoms with Gasteiger partial charge in [0.15, 0.2) is 0 Å². The van der Waals surface area contributed by atoms with E-state index >= 15 is 0 Å². The van der Waals surface area contributed by atoms with E-state index in [-0.39, 0.29) is 31.1 Å². The number of amides is 4. The van der Waals surface area contributed by atoms with E-state index in [0.717, 1.165) is 11.1 Å². The highest BCUT2D eigenvalue weighted by atomic mass is 16.5. The van der Waals surface area contributed by atoms with Crippen molar-refractivity contribution < 1.29 is 29.0 Å². The molecule has 2 heterocycles. The van der Waals surface area contributed by atoms with Crippen molar-refractivity contribution in [2.45, 2.75) is 71.4 Å². The van der Waals surface area contributed by atoms with Gasteiger partial charge < -0.3 is 31.1 Å². The summed E-state index contributed by atoms with van der Waals surface area (Å²) in [6, 6.07) is 10.7. The second-order valence-electron chi connectivity index (χ2n) is 11.2. The summed E-state index contributed by atoms with van der Waals surface area (Å²) >= 11 is 0. The van der Waals surface area contributed by atoms with Crippen molar-refractivity contribution in [1.29, 1.82) is 0 Å². The lowest BCUT2D eigenvalue weighted by molar-refractivity contribution is -0.135. The Morgan fingerprint density at radius 3 is 2.39 bits per heavy atom. The first-order chi connectivity index (χ1) is 21.0. The normalized spacial score (nSPS) is 21.2. The number of hydrogen-bond donors (Lipinski definition) is 5. The van der Waals surface area contributed by atoms with Gasteiger partial charge in [-0.05, 0) is 43.0 Å². The molecule has 13 heteroatoms. The van der Waals surface area contributed by atoms with Gasteiger partial charge in [-0.15, -0.1) is 5.10 Å². The molecule has 0 aliphatic carbocycles. The molecule has 44 heavy (non-hydrogen) atoms. The van der Waals surface area contributed by atoms with Crippen LogP contribution in [0.5, 0.6) is 5.75 Å². The summed E-state index contributed by atoms with van der Waals surface area (Å²) in [6.07, 6.45) is 0.529. The second kappa shape index (κ2) is 14.6. The van der Waals surface area contributed by atoms with Crippen LogP contribution in [0.4, 0.5) is 0 Å². The number of benzene rings is 2. The number of rotatable bonds is 4. The maximum absolute atomic E-state index is 13.5. The van der Waals surface area contributed by atoms with Crippen molar-refractivity contribution >= 4 is 23.6 Å². The summed E-state index contributed by atoms with van der Waals surface area (Å²) in [5.41, 5.74) is 2.40. The predicted molar refractivity (Wildman–Crippen MR) is 160 cm³/mol. The maximum Gasteiger partial charge on any atom is 0.252 e. The van der Waals surface area contributed by atoms with E-state index in [1.807, 2.05) is 37.3 Å². The van der Waals surface area contributed by atoms with Crippen molar-refractivity contribution in [3.63, 3.8) is 0 Å². The average molecular weight is 606 g/mol. The Labute approximate surface area is 255 Å². The lowest BCUT2D eigenvalue weighted by atomic mass is 10.0. The van der Waals surface area contributed by atoms with E-state index in [4.69, 9.17) is 4.74 Å². The van der Waals surface area contributed by atoms with E-state index in [1.54, 1.807) is 42.9 Å². The summed E-state index contributed by atoms with van der Waals surface area (Å²) < 4.78 is 7.52. The number of nitrogens with one attached hydrogen (secondary N) is 4. The number of carbonyl (C=O) groups is 4. The summed E-state index contributed by atoms with van der Waals surface area (Å²) in [5.74, 6) is -2.26. The molecular weight excluding hydrogens is 566 g/mol. The largest absolute Gasteiger partial charge is 0.491 e. The van der Waals surface area contributed by atoms with E-state index in [0.29, 0.717) is 18.0 Å². The number of aromatic nitrogens is 3. The molecule has 4 atom stereocenters. The molecule has 0 spiro atoms. The number of aliphatic hydroxyl groups is 1. The Morgan fingerprint density at radius 1 is 0.955 bits per heavy atom. The summed E-state index contributed by atoms with van der Waals surface area (Å²) in [4.78, 5) is 53.4. The first-order valence-corrected chi connectivity index (χ1v) is 14.6. The van der Waals surface area contributed by atoms with Crippen LogP contribution in [0.1, 0.15) is 48.0 Å². The molecule has 234 valence electrons. The highest BCUT2D eigenvalue weighted by Crippen LogP contribution is 2.20. The molecule has 1 aromatic heterocycles. The van der Waals surface area contributed by atoms with Gasteiger partial charge in [-0.3, -0.25) is 19.2 Å². The average Bonchev–Trinajstić information content (AvgIpc) is 3.45. The standard InChI is InChI=1S/C31H39N7O6/c1-18(2)26-30(42)35-27(20(4)39)31(43)33-24(14-21-8-6-5-7-9-21)29(41)32-16-23-17-38(37-36-23)12-13-44-25-15-22(28(40)34-26)11-10-19(25)3/h5-11,15,17-18,20,24,26-27,39H,12-14,16H2,1-4H3,(H,32,41)(H,33,43)(H,34,40)(H,35,42)/t20-,24-,26-,27+/m1/s1. The zero-order chi connectivity index (χ0) is 31.8. The smallest absolute Gasteiger partial charge is 0.252 e. The molecule has 0 radical (unpaired) electrons. The molecule has 0 fully saturated rings. The van der Waals surface area contributed by atoms with Crippen LogP contribution in [0.2, 0.25) is 0 Å². The zero-order valence-corrected chi connectivity index (χ0v) is 25.2. The number of hydrogen-bond acceptors (Lipinski definition) is 8. The Morgan fingerprint density at radius 2 is 1.68 bits per heavy atom. The van der Waals surface area contributed by atoms with Crippen LogP contribution >= 0.6 is 0 Å². The first kappa shape index (κ1) is 32.1. The molecule has 2 aromatic carbocycles. The van der Waals surface area contributed by atoms with Crippen LogP contribution in [0, 0.1) is 12.8 Å². The van der Waals surface area contributed by atoms with Crippen molar-refractivity contribution in [3.8, 4) is 5.75 Å². The molecule has 1 aliphatic heterocycles. The summed E-state index contributed by atoms with van der Waals surface area (Å²) in [6.45, 7) is 7.38. The fraction of sp³-hybridized carbons (Fsp3) is 0.419. The molecule has 4 rings (SSSR count). The molecule has 4 bridgehead atoms. The van der Waals surface area contributed by atoms with Gasteiger partial charge in [-0.1, -0.05) is 55.5 Å². The van der Waals surface area contributed by atoms with Gasteiger partial charge in [0.1, 0.15) is 36.2 Å². The van der Waals surface area contributed by atoms with Gasteiger partial charge >= 0.3 is 0 Å². The van der Waals surface area contributed by atoms with Crippen LogP contribution < -0.4 is 26.0 Å². The van der Waals surface area contributed by atoms with Crippen LogP contribution in [-0.4, -0.2) is 74.6 Å². The lowest BCUT2D eigenvalue weighted by Crippen LogP contribution is -2.60. The SMILES string of the molecule is Cc1ccc2cc1OCCn1cc(nn1)CNC(=O)[C@@H](Cc1ccccc1)NC(=O)[C@H]([C@@H](C)O)NC(=O)[C@@H](C(C)C)NC2=O. The van der Waals surface area contributed by atoms with Crippen molar-refractivity contribution in [3.05, 3.63) is 77.1 Å². The maximum atomic E-state index is 13.5. The molecule has 3 aromatic rings. The van der Waals surface area contributed by atoms with Crippen LogP contribution in [0.15, 0.2) is 54.7 Å². The second-order valence-corrected chi connectivity index (χ2v) is 11.2. The van der Waals surface area contributed by atoms with Gasteiger partial charge in [0.2, 0.25) is 17.7 Å². The molecule has 13 nitrogen and oxygen atoms in total. The number of aryl methyl sites for hydroxylation is 1. The Bertz CT molecular complexity index is 1470. The Balaban J connectivity index is 1.65. The molecule has 4 amide bonds. The number of aliphatic hydroxyl groups excluding tert-OH is 1. The third-order valence-corrected chi connectivity index (χ3v) is 7.27. The van der Waals surface area contributed by atoms with Gasteiger partial charge in [-0.25, -0.2) is 4.68 Å². The molecule has 0 unspecified atom stereocenters.